The third kappa shape index (κ3) is 3.01. The van der Waals surface area contributed by atoms with E-state index < -0.39 is 0 Å². The highest BCUT2D eigenvalue weighted by Crippen LogP contribution is 2.25. The molecule has 3 nitrogen and oxygen atoms in total. The summed E-state index contributed by atoms with van der Waals surface area (Å²) in [7, 11) is 0. The molecule has 5 heteroatoms. The summed E-state index contributed by atoms with van der Waals surface area (Å²) in [5, 5.41) is 13.2. The topological polar surface area (TPSA) is 49.3 Å². The fraction of sp³-hybridized carbons (Fsp3) is 0.444. The molecule has 0 unspecified atom stereocenters. The Balaban J connectivity index is 2.51. The second-order valence-corrected chi connectivity index (χ2v) is 4.42. The number of rotatable bonds is 5. The molecule has 1 heterocycles. The fourth-order valence-corrected chi connectivity index (χ4v) is 2.65. The first kappa shape index (κ1) is 11.6. The van der Waals surface area contributed by atoms with Crippen LogP contribution in [-0.2, 0) is 0 Å². The molecule has 0 fully saturated rings. The lowest BCUT2D eigenvalue weighted by atomic mass is 10.4. The van der Waals surface area contributed by atoms with E-state index in [1.54, 1.807) is 11.8 Å². The molecular formula is C9H13NO2S2. The van der Waals surface area contributed by atoms with Gasteiger partial charge in [0.15, 0.2) is 0 Å². The number of aliphatic hydroxyl groups excluding tert-OH is 1. The maximum atomic E-state index is 11.6. The van der Waals surface area contributed by atoms with E-state index in [9.17, 15) is 4.79 Å². The van der Waals surface area contributed by atoms with Crippen LogP contribution in [-0.4, -0.2) is 30.4 Å². The van der Waals surface area contributed by atoms with Gasteiger partial charge in [0.2, 0.25) is 0 Å². The first-order valence-electron chi connectivity index (χ1n) is 4.30. The molecule has 1 amide bonds. The highest BCUT2D eigenvalue weighted by atomic mass is 32.2. The predicted octanol–water partition coefficient (Wildman–Crippen LogP) is 1.58. The highest BCUT2D eigenvalue weighted by molar-refractivity contribution is 7.98. The van der Waals surface area contributed by atoms with Gasteiger partial charge >= 0.3 is 0 Å². The molecule has 0 aliphatic rings. The number of carbonyl (C=O) groups is 1. The summed E-state index contributed by atoms with van der Waals surface area (Å²) >= 11 is 3.01. The number of thiophene rings is 1. The van der Waals surface area contributed by atoms with Crippen molar-refractivity contribution in [3.8, 4) is 0 Å². The van der Waals surface area contributed by atoms with Crippen molar-refractivity contribution in [1.82, 2.24) is 5.32 Å². The van der Waals surface area contributed by atoms with Crippen molar-refractivity contribution >= 4 is 29.0 Å². The molecule has 0 aliphatic heterocycles. The van der Waals surface area contributed by atoms with Gasteiger partial charge in [-0.15, -0.1) is 23.1 Å². The Morgan fingerprint density at radius 3 is 3.14 bits per heavy atom. The van der Waals surface area contributed by atoms with E-state index in [2.05, 4.69) is 5.32 Å². The van der Waals surface area contributed by atoms with Crippen LogP contribution in [0.1, 0.15) is 16.1 Å². The number of hydrogen-bond donors (Lipinski definition) is 2. The molecule has 1 rings (SSSR count). The summed E-state index contributed by atoms with van der Waals surface area (Å²) in [6.07, 6.45) is 2.55. The molecule has 0 radical (unpaired) electrons. The molecule has 1 aromatic heterocycles. The molecule has 0 aromatic carbocycles. The van der Waals surface area contributed by atoms with Gasteiger partial charge < -0.3 is 10.4 Å². The molecule has 2 N–H and O–H groups in total. The SMILES string of the molecule is CSc1ccsc1C(=O)NCCCO. The van der Waals surface area contributed by atoms with E-state index in [0.717, 1.165) is 9.77 Å². The summed E-state index contributed by atoms with van der Waals surface area (Å²) in [5.41, 5.74) is 0. The maximum Gasteiger partial charge on any atom is 0.262 e. The summed E-state index contributed by atoms with van der Waals surface area (Å²) in [6, 6.07) is 1.94. The summed E-state index contributed by atoms with van der Waals surface area (Å²) in [4.78, 5) is 13.3. The van der Waals surface area contributed by atoms with E-state index >= 15 is 0 Å². The van der Waals surface area contributed by atoms with E-state index in [-0.39, 0.29) is 12.5 Å². The Hall–Kier alpha value is -0.520. The largest absolute Gasteiger partial charge is 0.396 e. The Kier molecular flexibility index (Phi) is 5.00. The van der Waals surface area contributed by atoms with Crippen LogP contribution in [0.25, 0.3) is 0 Å². The number of carbonyl (C=O) groups excluding carboxylic acids is 1. The van der Waals surface area contributed by atoms with Gasteiger partial charge in [0.1, 0.15) is 4.88 Å². The molecular weight excluding hydrogens is 218 g/mol. The Labute approximate surface area is 91.5 Å². The van der Waals surface area contributed by atoms with E-state index in [1.807, 2.05) is 17.7 Å². The first-order valence-corrected chi connectivity index (χ1v) is 6.40. The number of amides is 1. The minimum absolute atomic E-state index is 0.0437. The average molecular weight is 231 g/mol. The summed E-state index contributed by atoms with van der Waals surface area (Å²) in [6.45, 7) is 0.640. The lowest BCUT2D eigenvalue weighted by Gasteiger charge is -2.03. The second kappa shape index (κ2) is 6.06. The minimum atomic E-state index is -0.0437. The van der Waals surface area contributed by atoms with Crippen molar-refractivity contribution in [2.75, 3.05) is 19.4 Å². The van der Waals surface area contributed by atoms with Gasteiger partial charge in [-0.3, -0.25) is 4.79 Å². The number of thioether (sulfide) groups is 1. The van der Waals surface area contributed by atoms with Gasteiger partial charge in [0.05, 0.1) is 0 Å². The molecule has 1 aromatic rings. The molecule has 0 saturated heterocycles. The van der Waals surface area contributed by atoms with Crippen LogP contribution in [0, 0.1) is 0 Å². The predicted molar refractivity (Wildman–Crippen MR) is 60.1 cm³/mol. The Bertz CT molecular complexity index is 299. The summed E-state index contributed by atoms with van der Waals surface area (Å²) < 4.78 is 0. The zero-order chi connectivity index (χ0) is 10.4. The van der Waals surface area contributed by atoms with Crippen molar-refractivity contribution in [3.05, 3.63) is 16.3 Å². The Morgan fingerprint density at radius 1 is 1.71 bits per heavy atom. The third-order valence-corrected chi connectivity index (χ3v) is 3.50. The monoisotopic (exact) mass is 231 g/mol. The highest BCUT2D eigenvalue weighted by Gasteiger charge is 2.11. The number of aliphatic hydroxyl groups is 1. The van der Waals surface area contributed by atoms with Crippen LogP contribution in [0.5, 0.6) is 0 Å². The van der Waals surface area contributed by atoms with Crippen LogP contribution in [0.15, 0.2) is 16.3 Å². The van der Waals surface area contributed by atoms with Crippen molar-refractivity contribution in [3.63, 3.8) is 0 Å². The molecule has 0 atom stereocenters. The van der Waals surface area contributed by atoms with Gasteiger partial charge in [-0.05, 0) is 24.1 Å². The van der Waals surface area contributed by atoms with Gasteiger partial charge in [-0.1, -0.05) is 0 Å². The van der Waals surface area contributed by atoms with Crippen LogP contribution < -0.4 is 5.32 Å². The smallest absolute Gasteiger partial charge is 0.262 e. The molecule has 78 valence electrons. The number of hydrogen-bond acceptors (Lipinski definition) is 4. The quantitative estimate of drug-likeness (QED) is 0.597. The van der Waals surface area contributed by atoms with Gasteiger partial charge in [-0.2, -0.15) is 0 Å². The van der Waals surface area contributed by atoms with Crippen LogP contribution >= 0.6 is 23.1 Å². The lowest BCUT2D eigenvalue weighted by molar-refractivity contribution is 0.0952. The average Bonchev–Trinajstić information content (AvgIpc) is 2.65. The van der Waals surface area contributed by atoms with Crippen molar-refractivity contribution in [1.29, 1.82) is 0 Å². The molecule has 0 bridgehead atoms. The molecule has 0 saturated carbocycles. The number of nitrogens with one attached hydrogen (secondary N) is 1. The second-order valence-electron chi connectivity index (χ2n) is 2.65. The van der Waals surface area contributed by atoms with Crippen molar-refractivity contribution < 1.29 is 9.90 Å². The molecule has 0 aliphatic carbocycles. The molecule has 14 heavy (non-hydrogen) atoms. The lowest BCUT2D eigenvalue weighted by Crippen LogP contribution is -2.24. The Morgan fingerprint density at radius 2 is 2.50 bits per heavy atom. The zero-order valence-electron chi connectivity index (χ0n) is 7.95. The molecule has 0 spiro atoms. The van der Waals surface area contributed by atoms with E-state index in [1.165, 1.54) is 11.3 Å². The van der Waals surface area contributed by atoms with E-state index in [0.29, 0.717) is 13.0 Å². The van der Waals surface area contributed by atoms with Crippen LogP contribution in [0.3, 0.4) is 0 Å². The zero-order valence-corrected chi connectivity index (χ0v) is 9.58. The minimum Gasteiger partial charge on any atom is -0.396 e. The van der Waals surface area contributed by atoms with Crippen molar-refractivity contribution in [2.45, 2.75) is 11.3 Å². The maximum absolute atomic E-state index is 11.6. The van der Waals surface area contributed by atoms with Gasteiger partial charge in [0, 0.05) is 18.0 Å². The summed E-state index contributed by atoms with van der Waals surface area (Å²) in [5.74, 6) is -0.0437. The van der Waals surface area contributed by atoms with E-state index in [4.69, 9.17) is 5.11 Å². The van der Waals surface area contributed by atoms with Gasteiger partial charge in [0.25, 0.3) is 5.91 Å². The van der Waals surface area contributed by atoms with Crippen LogP contribution in [0.2, 0.25) is 0 Å². The van der Waals surface area contributed by atoms with Gasteiger partial charge in [-0.25, -0.2) is 0 Å². The standard InChI is InChI=1S/C9H13NO2S2/c1-13-7-3-6-14-8(7)9(12)10-4-2-5-11/h3,6,11H,2,4-5H2,1H3,(H,10,12). The third-order valence-electron chi connectivity index (χ3n) is 1.68. The normalized spacial score (nSPS) is 10.1. The first-order chi connectivity index (χ1) is 6.79. The van der Waals surface area contributed by atoms with Crippen molar-refractivity contribution in [2.24, 2.45) is 0 Å². The van der Waals surface area contributed by atoms with Crippen LogP contribution in [0.4, 0.5) is 0 Å². The fourth-order valence-electron chi connectivity index (χ4n) is 0.985.